The largest absolute Gasteiger partial charge is 0.486 e. The molecule has 47 heavy (non-hydrogen) atoms. The van der Waals surface area contributed by atoms with Crippen molar-refractivity contribution in [2.45, 2.75) is 81.2 Å². The molecule has 11 nitrogen and oxygen atoms in total. The van der Waals surface area contributed by atoms with Gasteiger partial charge in [-0.1, -0.05) is 0 Å². The molecule has 1 atom stereocenters. The van der Waals surface area contributed by atoms with E-state index in [-0.39, 0.29) is 23.9 Å². The second kappa shape index (κ2) is 12.7. The number of amides is 2. The van der Waals surface area contributed by atoms with Crippen LogP contribution in [0.5, 0.6) is 5.75 Å². The van der Waals surface area contributed by atoms with Gasteiger partial charge in [0.05, 0.1) is 27.4 Å². The van der Waals surface area contributed by atoms with E-state index in [1.165, 1.54) is 20.8 Å². The highest BCUT2D eigenvalue weighted by atomic mass is 32.2. The van der Waals surface area contributed by atoms with E-state index >= 15 is 0 Å². The predicted molar refractivity (Wildman–Crippen MR) is 153 cm³/mol. The van der Waals surface area contributed by atoms with E-state index in [1.54, 1.807) is 0 Å². The number of halogens is 7. The van der Waals surface area contributed by atoms with Gasteiger partial charge in [-0.3, -0.25) is 19.1 Å². The van der Waals surface area contributed by atoms with Crippen molar-refractivity contribution < 1.29 is 66.6 Å². The fraction of sp³-hybridized carbons (Fsp3) is 0.481. The molecule has 3 rings (SSSR count). The molecule has 262 valence electrons. The first-order valence-electron chi connectivity index (χ1n) is 13.5. The van der Waals surface area contributed by atoms with Crippen LogP contribution in [0.3, 0.4) is 0 Å². The maximum atomic E-state index is 14.0. The average molecular weight is 722 g/mol. The van der Waals surface area contributed by atoms with Gasteiger partial charge < -0.3 is 9.47 Å². The quantitative estimate of drug-likeness (QED) is 0.330. The number of carbonyl (C=O) groups is 2. The third-order valence-electron chi connectivity index (χ3n) is 6.75. The van der Waals surface area contributed by atoms with Crippen LogP contribution < -0.4 is 19.1 Å². The third-order valence-corrected chi connectivity index (χ3v) is 10.6. The van der Waals surface area contributed by atoms with Crippen molar-refractivity contribution in [2.24, 2.45) is 0 Å². The predicted octanol–water partition coefficient (Wildman–Crippen LogP) is 5.71. The van der Waals surface area contributed by atoms with Gasteiger partial charge in [-0.15, -0.1) is 0 Å². The molecular weight excluding hydrogens is 691 g/mol. The van der Waals surface area contributed by atoms with Crippen molar-refractivity contribution in [3.63, 3.8) is 0 Å². The van der Waals surface area contributed by atoms with Crippen LogP contribution in [0.4, 0.5) is 46.9 Å². The Morgan fingerprint density at radius 3 is 2.13 bits per heavy atom. The van der Waals surface area contributed by atoms with E-state index in [4.69, 9.17) is 4.74 Å². The van der Waals surface area contributed by atoms with E-state index in [2.05, 4.69) is 4.74 Å². The number of benzene rings is 2. The number of alkyl halides is 6. The molecule has 0 radical (unpaired) electrons. The number of rotatable bonds is 8. The number of fused-ring (bicyclic) bond motifs is 1. The van der Waals surface area contributed by atoms with Crippen LogP contribution in [0.2, 0.25) is 0 Å². The third kappa shape index (κ3) is 8.57. The fourth-order valence-electron chi connectivity index (χ4n) is 3.86. The van der Waals surface area contributed by atoms with Gasteiger partial charge in [0.15, 0.2) is 0 Å². The minimum atomic E-state index is -5.27. The van der Waals surface area contributed by atoms with Crippen molar-refractivity contribution in [1.82, 2.24) is 4.72 Å². The van der Waals surface area contributed by atoms with E-state index in [1.807, 2.05) is 10.0 Å². The van der Waals surface area contributed by atoms with E-state index in [0.29, 0.717) is 30.3 Å². The van der Waals surface area contributed by atoms with Crippen molar-refractivity contribution in [3.05, 3.63) is 47.8 Å². The van der Waals surface area contributed by atoms with Crippen molar-refractivity contribution >= 4 is 43.4 Å². The Morgan fingerprint density at radius 1 is 0.957 bits per heavy atom. The Bertz CT molecular complexity index is 1750. The van der Waals surface area contributed by atoms with E-state index in [0.717, 1.165) is 18.2 Å². The number of hydrogen-bond donors (Lipinski definition) is 2. The Balaban J connectivity index is 2.00. The molecule has 2 aromatic rings. The van der Waals surface area contributed by atoms with Crippen LogP contribution in [0.1, 0.15) is 53.0 Å². The smallest absolute Gasteiger partial charge is 0.427 e. The minimum absolute atomic E-state index is 0.0678. The molecule has 2 amide bonds. The number of carbonyl (C=O) groups excluding carboxylic acids is 2. The molecule has 0 saturated heterocycles. The molecule has 20 heteroatoms. The summed E-state index contributed by atoms with van der Waals surface area (Å²) < 4.78 is 157. The fourth-order valence-corrected chi connectivity index (χ4v) is 6.09. The highest BCUT2D eigenvalue weighted by Crippen LogP contribution is 2.41. The van der Waals surface area contributed by atoms with Gasteiger partial charge in [-0.05, 0) is 77.4 Å². The summed E-state index contributed by atoms with van der Waals surface area (Å²) >= 11 is 0. The summed E-state index contributed by atoms with van der Waals surface area (Å²) in [5.74, 6) is -2.96. The summed E-state index contributed by atoms with van der Waals surface area (Å²) in [5.41, 5.74) is -5.51. The highest BCUT2D eigenvalue weighted by Gasteiger charge is 2.51. The van der Waals surface area contributed by atoms with Crippen molar-refractivity contribution in [2.75, 3.05) is 16.2 Å². The van der Waals surface area contributed by atoms with E-state index in [9.17, 15) is 57.2 Å². The number of sulfonamides is 2. The average Bonchev–Trinajstić information content (AvgIpc) is 2.89. The first kappa shape index (κ1) is 37.6. The topological polar surface area (TPSA) is 148 Å². The van der Waals surface area contributed by atoms with Gasteiger partial charge in [-0.25, -0.2) is 26.0 Å². The van der Waals surface area contributed by atoms with Crippen LogP contribution in [-0.4, -0.2) is 58.0 Å². The number of nitrogens with zero attached hydrogens (tertiary/aromatic N) is 1. The Kier molecular flexibility index (Phi) is 10.1. The molecule has 0 aromatic heterocycles. The first-order valence-corrected chi connectivity index (χ1v) is 16.4. The molecule has 0 bridgehead atoms. The lowest BCUT2D eigenvalue weighted by atomic mass is 10.1. The summed E-state index contributed by atoms with van der Waals surface area (Å²) in [6.07, 6.45) is -13.8. The standard InChI is InChI=1S/C27H30F7N3O8S2/c1-24(2,3)47(42,43)36-22(38)11-7-16-14-37(46(40,41)17-8-9-19(28)18(13-17)26(29,30)31)20-12-15(6-10-21(20)44-16)35-23(39)45-25(4,5)27(32,33)34/h6,8-10,12-13,16H,7,11,14H2,1-5H3,(H,35,39)(H,36,38)/t16-/m0/s1. The van der Waals surface area contributed by atoms with Crippen LogP contribution in [0.15, 0.2) is 41.3 Å². The van der Waals surface area contributed by atoms with Gasteiger partial charge in [0.1, 0.15) is 17.7 Å². The molecule has 0 aliphatic carbocycles. The zero-order valence-electron chi connectivity index (χ0n) is 25.3. The molecule has 0 saturated carbocycles. The zero-order valence-corrected chi connectivity index (χ0v) is 27.0. The Labute approximate surface area is 265 Å². The monoisotopic (exact) mass is 721 g/mol. The van der Waals surface area contributed by atoms with Crippen LogP contribution in [0.25, 0.3) is 0 Å². The molecule has 0 fully saturated rings. The first-order chi connectivity index (χ1) is 21.2. The van der Waals surface area contributed by atoms with Crippen molar-refractivity contribution in [3.8, 4) is 5.75 Å². The van der Waals surface area contributed by atoms with E-state index < -0.39 is 95.8 Å². The van der Waals surface area contributed by atoms with Crippen molar-refractivity contribution in [1.29, 1.82) is 0 Å². The highest BCUT2D eigenvalue weighted by molar-refractivity contribution is 7.93. The summed E-state index contributed by atoms with van der Waals surface area (Å²) in [6, 6.07) is 4.05. The lowest BCUT2D eigenvalue weighted by molar-refractivity contribution is -0.242. The second-order valence-electron chi connectivity index (χ2n) is 11.8. The summed E-state index contributed by atoms with van der Waals surface area (Å²) in [7, 11) is -9.09. The van der Waals surface area contributed by atoms with Gasteiger partial charge in [0.25, 0.3) is 10.0 Å². The SMILES string of the molecule is CC(C)(OC(=O)Nc1ccc2c(c1)N(S(=O)(=O)c1ccc(F)c(C(F)(F)F)c1)C[C@H](CCC(=O)NS(=O)(=O)C(C)(C)C)O2)C(F)(F)F. The molecule has 2 aromatic carbocycles. The lowest BCUT2D eigenvalue weighted by Gasteiger charge is -2.36. The number of nitrogens with one attached hydrogen (secondary N) is 2. The van der Waals surface area contributed by atoms with Crippen LogP contribution in [0, 0.1) is 5.82 Å². The molecule has 1 heterocycles. The molecule has 2 N–H and O–H groups in total. The normalized spacial score (nSPS) is 16.2. The zero-order chi connectivity index (χ0) is 36.0. The second-order valence-corrected chi connectivity index (χ2v) is 16.1. The Morgan fingerprint density at radius 2 is 1.57 bits per heavy atom. The number of hydrogen-bond acceptors (Lipinski definition) is 8. The number of ether oxygens (including phenoxy) is 2. The molecule has 1 aliphatic rings. The number of anilines is 2. The maximum absolute atomic E-state index is 14.0. The van der Waals surface area contributed by atoms with Crippen LogP contribution in [-0.2, 0) is 35.8 Å². The summed E-state index contributed by atoms with van der Waals surface area (Å²) in [6.45, 7) is 4.50. The molecule has 1 aliphatic heterocycles. The van der Waals surface area contributed by atoms with Gasteiger partial charge in [0, 0.05) is 12.1 Å². The molecular formula is C27H30F7N3O8S2. The van der Waals surface area contributed by atoms with Crippen LogP contribution >= 0.6 is 0 Å². The van der Waals surface area contributed by atoms with Gasteiger partial charge >= 0.3 is 18.4 Å². The summed E-state index contributed by atoms with van der Waals surface area (Å²) in [5, 5.41) is 2.01. The molecule has 0 spiro atoms. The summed E-state index contributed by atoms with van der Waals surface area (Å²) in [4.78, 5) is 23.7. The van der Waals surface area contributed by atoms with Gasteiger partial charge in [0.2, 0.25) is 21.5 Å². The molecule has 0 unspecified atom stereocenters. The van der Waals surface area contributed by atoms with Gasteiger partial charge in [-0.2, -0.15) is 26.3 Å². The maximum Gasteiger partial charge on any atom is 0.427 e. The minimum Gasteiger partial charge on any atom is -0.486 e. The Hall–Kier alpha value is -3.81. The lowest BCUT2D eigenvalue weighted by Crippen LogP contribution is -2.45.